The molecule has 6 nitrogen and oxygen atoms in total. The summed E-state index contributed by atoms with van der Waals surface area (Å²) in [5.74, 6) is 0.523. The third kappa shape index (κ3) is 3.10. The van der Waals surface area contributed by atoms with Gasteiger partial charge in [0.15, 0.2) is 5.16 Å². The van der Waals surface area contributed by atoms with Crippen LogP contribution in [0, 0.1) is 0 Å². The van der Waals surface area contributed by atoms with E-state index in [2.05, 4.69) is 25.3 Å². The third-order valence-electron chi connectivity index (χ3n) is 5.14. The maximum Gasteiger partial charge on any atom is 0.258 e. The number of fused-ring (bicyclic) bond motifs is 6. The molecule has 0 spiro atoms. The SMILES string of the molecule is O=c1cc(CSc2nc3ccccc3c3nc4ccccc4n23)nc2ccc(Br)cn12. The van der Waals surface area contributed by atoms with Crippen molar-refractivity contribution in [2.45, 2.75) is 10.9 Å². The van der Waals surface area contributed by atoms with Gasteiger partial charge in [-0.1, -0.05) is 36.0 Å². The van der Waals surface area contributed by atoms with E-state index in [0.717, 1.165) is 37.2 Å². The largest absolute Gasteiger partial charge is 0.271 e. The molecule has 0 radical (unpaired) electrons. The van der Waals surface area contributed by atoms with Gasteiger partial charge in [0, 0.05) is 27.9 Å². The van der Waals surface area contributed by atoms with Crippen molar-refractivity contribution >= 4 is 60.9 Å². The first-order valence-corrected chi connectivity index (χ1v) is 11.4. The van der Waals surface area contributed by atoms with E-state index in [-0.39, 0.29) is 5.56 Å². The molecule has 0 bridgehead atoms. The predicted molar refractivity (Wildman–Crippen MR) is 127 cm³/mol. The molecule has 4 heterocycles. The number of hydrogen-bond acceptors (Lipinski definition) is 5. The monoisotopic (exact) mass is 487 g/mol. The van der Waals surface area contributed by atoms with Crippen molar-refractivity contribution in [3.63, 3.8) is 0 Å². The second kappa shape index (κ2) is 7.18. The third-order valence-corrected chi connectivity index (χ3v) is 6.58. The molecule has 0 saturated carbocycles. The van der Waals surface area contributed by atoms with Gasteiger partial charge in [0.05, 0.1) is 22.2 Å². The van der Waals surface area contributed by atoms with Gasteiger partial charge in [-0.2, -0.15) is 0 Å². The number of imidazole rings is 1. The Morgan fingerprint density at radius 3 is 2.61 bits per heavy atom. The van der Waals surface area contributed by atoms with Crippen LogP contribution in [0.15, 0.2) is 87.4 Å². The normalized spacial score (nSPS) is 11.8. The van der Waals surface area contributed by atoms with Crippen LogP contribution in [0.25, 0.3) is 33.2 Å². The van der Waals surface area contributed by atoms with Crippen LogP contribution in [-0.2, 0) is 5.75 Å². The van der Waals surface area contributed by atoms with Crippen LogP contribution >= 0.6 is 27.7 Å². The Labute approximate surface area is 188 Å². The molecule has 150 valence electrons. The maximum atomic E-state index is 12.5. The van der Waals surface area contributed by atoms with Crippen LogP contribution in [0.4, 0.5) is 0 Å². The van der Waals surface area contributed by atoms with Crippen LogP contribution in [0.1, 0.15) is 5.69 Å². The average Bonchev–Trinajstić information content (AvgIpc) is 3.18. The Bertz CT molecular complexity index is 1690. The molecule has 0 aliphatic heterocycles. The van der Waals surface area contributed by atoms with Gasteiger partial charge in [-0.05, 0) is 52.3 Å². The zero-order valence-electron chi connectivity index (χ0n) is 16.1. The lowest BCUT2D eigenvalue weighted by Crippen LogP contribution is -2.15. The number of thioether (sulfide) groups is 1. The lowest BCUT2D eigenvalue weighted by atomic mass is 10.2. The van der Waals surface area contributed by atoms with E-state index >= 15 is 0 Å². The van der Waals surface area contributed by atoms with Gasteiger partial charge in [-0.3, -0.25) is 13.6 Å². The molecule has 8 heteroatoms. The van der Waals surface area contributed by atoms with Crippen molar-refractivity contribution in [1.82, 2.24) is 23.8 Å². The summed E-state index contributed by atoms with van der Waals surface area (Å²) in [7, 11) is 0. The molecule has 31 heavy (non-hydrogen) atoms. The molecule has 0 saturated heterocycles. The molecular weight excluding hydrogens is 474 g/mol. The van der Waals surface area contributed by atoms with Gasteiger partial charge < -0.3 is 0 Å². The van der Waals surface area contributed by atoms with Crippen molar-refractivity contribution < 1.29 is 0 Å². The van der Waals surface area contributed by atoms with E-state index in [1.165, 1.54) is 4.40 Å². The van der Waals surface area contributed by atoms with Crippen LogP contribution < -0.4 is 5.56 Å². The van der Waals surface area contributed by atoms with Crippen molar-refractivity contribution in [2.75, 3.05) is 0 Å². The highest BCUT2D eigenvalue weighted by atomic mass is 79.9. The molecule has 0 fully saturated rings. The molecule has 6 rings (SSSR count). The zero-order chi connectivity index (χ0) is 20.9. The van der Waals surface area contributed by atoms with Crippen LogP contribution in [0.2, 0.25) is 0 Å². The number of rotatable bonds is 3. The van der Waals surface area contributed by atoms with Gasteiger partial charge in [0.1, 0.15) is 11.3 Å². The average molecular weight is 488 g/mol. The molecule has 4 aromatic heterocycles. The van der Waals surface area contributed by atoms with E-state index in [9.17, 15) is 4.79 Å². The summed E-state index contributed by atoms with van der Waals surface area (Å²) in [6.45, 7) is 0. The molecule has 0 N–H and O–H groups in total. The van der Waals surface area contributed by atoms with Crippen LogP contribution in [-0.4, -0.2) is 23.8 Å². The summed E-state index contributed by atoms with van der Waals surface area (Å²) in [5.41, 5.74) is 4.94. The minimum absolute atomic E-state index is 0.105. The first-order valence-electron chi connectivity index (χ1n) is 9.64. The standard InChI is InChI=1S/C23H14BrN5OS/c24-14-9-10-20-25-15(11-21(30)28(20)12-14)13-31-23-27-17-6-2-1-5-16(17)22-26-18-7-3-4-8-19(18)29(22)23/h1-12H,13H2. The lowest BCUT2D eigenvalue weighted by Gasteiger charge is -2.09. The molecule has 0 aliphatic carbocycles. The highest BCUT2D eigenvalue weighted by Gasteiger charge is 2.14. The van der Waals surface area contributed by atoms with Gasteiger partial charge in [-0.25, -0.2) is 15.0 Å². The topological polar surface area (TPSA) is 64.6 Å². The van der Waals surface area contributed by atoms with Crippen molar-refractivity contribution in [2.24, 2.45) is 0 Å². The molecule has 0 atom stereocenters. The van der Waals surface area contributed by atoms with E-state index < -0.39 is 0 Å². The Hall–Kier alpha value is -3.23. The quantitative estimate of drug-likeness (QED) is 0.256. The number of benzene rings is 2. The highest BCUT2D eigenvalue weighted by Crippen LogP contribution is 2.30. The fourth-order valence-electron chi connectivity index (χ4n) is 3.75. The Morgan fingerprint density at radius 1 is 0.903 bits per heavy atom. The highest BCUT2D eigenvalue weighted by molar-refractivity contribution is 9.10. The molecule has 6 aromatic rings. The van der Waals surface area contributed by atoms with Crippen molar-refractivity contribution in [3.05, 3.63) is 93.4 Å². The van der Waals surface area contributed by atoms with E-state index in [1.54, 1.807) is 24.0 Å². The van der Waals surface area contributed by atoms with Gasteiger partial charge >= 0.3 is 0 Å². The lowest BCUT2D eigenvalue weighted by molar-refractivity contribution is 0.948. The predicted octanol–water partition coefficient (Wildman–Crippen LogP) is 5.10. The van der Waals surface area contributed by atoms with Gasteiger partial charge in [0.2, 0.25) is 0 Å². The number of halogens is 1. The first kappa shape index (κ1) is 18.5. The second-order valence-electron chi connectivity index (χ2n) is 7.12. The Balaban J connectivity index is 1.49. The summed E-state index contributed by atoms with van der Waals surface area (Å²) in [6.07, 6.45) is 1.73. The van der Waals surface area contributed by atoms with Crippen molar-refractivity contribution in [1.29, 1.82) is 0 Å². The molecule has 2 aromatic carbocycles. The number of hydrogen-bond donors (Lipinski definition) is 0. The Kier molecular flexibility index (Phi) is 4.29. The van der Waals surface area contributed by atoms with Gasteiger partial charge in [0.25, 0.3) is 5.56 Å². The van der Waals surface area contributed by atoms with E-state index in [0.29, 0.717) is 17.1 Å². The number of para-hydroxylation sites is 3. The molecule has 0 unspecified atom stereocenters. The second-order valence-corrected chi connectivity index (χ2v) is 8.98. The summed E-state index contributed by atoms with van der Waals surface area (Å²) in [4.78, 5) is 27.0. The fourth-order valence-corrected chi connectivity index (χ4v) is 4.99. The minimum atomic E-state index is -0.105. The zero-order valence-corrected chi connectivity index (χ0v) is 18.5. The summed E-state index contributed by atoms with van der Waals surface area (Å²) >= 11 is 4.95. The number of pyridine rings is 1. The summed E-state index contributed by atoms with van der Waals surface area (Å²) < 4.78 is 4.46. The summed E-state index contributed by atoms with van der Waals surface area (Å²) in [5, 5.41) is 1.83. The van der Waals surface area contributed by atoms with Crippen LogP contribution in [0.3, 0.4) is 0 Å². The number of nitrogens with zero attached hydrogens (tertiary/aromatic N) is 5. The molecular formula is C23H14BrN5OS. The fraction of sp³-hybridized carbons (Fsp3) is 0.0435. The summed E-state index contributed by atoms with van der Waals surface area (Å²) in [6, 6.07) is 21.4. The minimum Gasteiger partial charge on any atom is -0.271 e. The van der Waals surface area contributed by atoms with E-state index in [1.807, 2.05) is 60.7 Å². The molecule has 0 aliphatic rings. The van der Waals surface area contributed by atoms with Crippen LogP contribution in [0.5, 0.6) is 0 Å². The number of aromatic nitrogens is 5. The van der Waals surface area contributed by atoms with Gasteiger partial charge in [-0.15, -0.1) is 0 Å². The molecule has 0 amide bonds. The van der Waals surface area contributed by atoms with Crippen molar-refractivity contribution in [3.8, 4) is 0 Å². The van der Waals surface area contributed by atoms with E-state index in [4.69, 9.17) is 9.97 Å². The smallest absolute Gasteiger partial charge is 0.258 e. The first-order chi connectivity index (χ1) is 15.2. The Morgan fingerprint density at radius 2 is 1.71 bits per heavy atom. The maximum absolute atomic E-state index is 12.5.